The van der Waals surface area contributed by atoms with E-state index < -0.39 is 6.16 Å². The van der Waals surface area contributed by atoms with Crippen LogP contribution >= 0.6 is 27.7 Å². The lowest BCUT2D eigenvalue weighted by Gasteiger charge is -2.15. The van der Waals surface area contributed by atoms with Crippen LogP contribution in [0, 0.1) is 11.3 Å². The minimum atomic E-state index is -0.839. The van der Waals surface area contributed by atoms with Crippen molar-refractivity contribution in [3.05, 3.63) is 76.3 Å². The molecule has 0 aromatic heterocycles. The number of halogens is 1. The Hall–Kier alpha value is -2.95. The van der Waals surface area contributed by atoms with Crippen molar-refractivity contribution >= 4 is 33.8 Å². The Bertz CT molecular complexity index is 1060. The number of benzene rings is 3. The molecule has 0 spiro atoms. The fourth-order valence-electron chi connectivity index (χ4n) is 2.61. The van der Waals surface area contributed by atoms with Crippen LogP contribution in [0.2, 0.25) is 0 Å². The van der Waals surface area contributed by atoms with Crippen LogP contribution in [0.25, 0.3) is 11.1 Å². The lowest BCUT2D eigenvalue weighted by Crippen LogP contribution is -2.09. The fraction of sp³-hybridized carbons (Fsp3) is 0.0909. The molecule has 7 heteroatoms. The van der Waals surface area contributed by atoms with Gasteiger partial charge in [0.25, 0.3) is 0 Å². The molecule has 0 aliphatic heterocycles. The molecule has 0 aliphatic rings. The molecule has 29 heavy (non-hydrogen) atoms. The van der Waals surface area contributed by atoms with Crippen LogP contribution in [0.3, 0.4) is 0 Å². The molecule has 0 unspecified atom stereocenters. The number of carbonyl (C=O) groups excluding carboxylic acids is 1. The number of hydrogen-bond donors (Lipinski definition) is 1. The van der Waals surface area contributed by atoms with E-state index in [4.69, 9.17) is 10.00 Å². The van der Waals surface area contributed by atoms with Crippen molar-refractivity contribution in [2.45, 2.75) is 10.6 Å². The highest BCUT2D eigenvalue weighted by Gasteiger charge is 2.18. The Labute approximate surface area is 181 Å². The van der Waals surface area contributed by atoms with E-state index in [1.165, 1.54) is 18.9 Å². The fourth-order valence-corrected chi connectivity index (χ4v) is 3.87. The van der Waals surface area contributed by atoms with Gasteiger partial charge in [-0.3, -0.25) is 0 Å². The third kappa shape index (κ3) is 5.31. The topological polar surface area (TPSA) is 79.5 Å². The summed E-state index contributed by atoms with van der Waals surface area (Å²) < 4.78 is 11.0. The highest BCUT2D eigenvalue weighted by atomic mass is 79.9. The van der Waals surface area contributed by atoms with Crippen molar-refractivity contribution in [2.75, 3.05) is 7.11 Å². The van der Waals surface area contributed by atoms with Gasteiger partial charge < -0.3 is 14.6 Å². The number of ether oxygens (including phenoxy) is 2. The molecule has 0 aliphatic carbocycles. The average molecular weight is 470 g/mol. The molecule has 0 amide bonds. The summed E-state index contributed by atoms with van der Waals surface area (Å²) in [4.78, 5) is 12.4. The van der Waals surface area contributed by atoms with Gasteiger partial charge >= 0.3 is 6.16 Å². The van der Waals surface area contributed by atoms with Crippen LogP contribution in [0.1, 0.15) is 11.1 Å². The number of nitriles is 1. The van der Waals surface area contributed by atoms with E-state index in [9.17, 15) is 9.90 Å². The second kappa shape index (κ2) is 9.50. The van der Waals surface area contributed by atoms with E-state index in [2.05, 4.69) is 26.7 Å². The first kappa shape index (κ1) is 20.8. The van der Waals surface area contributed by atoms with E-state index in [1.54, 1.807) is 24.3 Å². The standard InChI is InChI=1S/C22H16BrNO4S/c1-27-22(26)28-21-19(16-6-8-17(23)9-7-16)10-18(25)11-20(21)29-13-15-4-2-14(12-24)3-5-15/h2-11,25H,13H2,1H3. The van der Waals surface area contributed by atoms with Crippen molar-refractivity contribution in [2.24, 2.45) is 0 Å². The maximum absolute atomic E-state index is 11.8. The van der Waals surface area contributed by atoms with E-state index in [0.29, 0.717) is 27.5 Å². The molecule has 1 N–H and O–H groups in total. The number of phenolic OH excluding ortho intramolecular Hbond substituents is 1. The number of methoxy groups -OCH3 is 1. The molecule has 0 bridgehead atoms. The van der Waals surface area contributed by atoms with Crippen molar-refractivity contribution in [3.8, 4) is 28.7 Å². The Balaban J connectivity index is 1.98. The average Bonchev–Trinajstić information content (AvgIpc) is 2.74. The summed E-state index contributed by atoms with van der Waals surface area (Å²) >= 11 is 4.81. The zero-order valence-electron chi connectivity index (χ0n) is 15.4. The van der Waals surface area contributed by atoms with E-state index in [0.717, 1.165) is 15.6 Å². The number of phenols is 1. The molecule has 0 saturated carbocycles. The van der Waals surface area contributed by atoms with Gasteiger partial charge in [-0.15, -0.1) is 11.8 Å². The number of nitrogens with zero attached hydrogens (tertiary/aromatic N) is 1. The quantitative estimate of drug-likeness (QED) is 0.275. The number of aromatic hydroxyl groups is 1. The molecule has 0 saturated heterocycles. The van der Waals surface area contributed by atoms with Gasteiger partial charge in [0.2, 0.25) is 0 Å². The van der Waals surface area contributed by atoms with Gasteiger partial charge in [0.05, 0.1) is 23.6 Å². The molecule has 3 rings (SSSR count). The number of carbonyl (C=O) groups is 1. The van der Waals surface area contributed by atoms with Gasteiger partial charge in [-0.2, -0.15) is 5.26 Å². The van der Waals surface area contributed by atoms with Crippen molar-refractivity contribution in [1.82, 2.24) is 0 Å². The van der Waals surface area contributed by atoms with Gasteiger partial charge in [-0.05, 0) is 47.5 Å². The highest BCUT2D eigenvalue weighted by molar-refractivity contribution is 9.10. The van der Waals surface area contributed by atoms with Gasteiger partial charge in [-0.25, -0.2) is 4.79 Å². The van der Waals surface area contributed by atoms with Gasteiger partial charge in [0.15, 0.2) is 5.75 Å². The first-order chi connectivity index (χ1) is 14.0. The van der Waals surface area contributed by atoms with Crippen LogP contribution in [0.5, 0.6) is 11.5 Å². The summed E-state index contributed by atoms with van der Waals surface area (Å²) in [5, 5.41) is 19.2. The third-order valence-electron chi connectivity index (χ3n) is 4.02. The highest BCUT2D eigenvalue weighted by Crippen LogP contribution is 2.43. The maximum Gasteiger partial charge on any atom is 0.513 e. The summed E-state index contributed by atoms with van der Waals surface area (Å²) in [6, 6.07) is 19.9. The maximum atomic E-state index is 11.8. The molecule has 5 nitrogen and oxygen atoms in total. The Morgan fingerprint density at radius 1 is 1.14 bits per heavy atom. The third-order valence-corrected chi connectivity index (χ3v) is 5.64. The van der Waals surface area contributed by atoms with E-state index in [1.807, 2.05) is 36.4 Å². The van der Waals surface area contributed by atoms with E-state index in [-0.39, 0.29) is 5.75 Å². The van der Waals surface area contributed by atoms with Crippen LogP contribution in [0.15, 0.2) is 70.0 Å². The smallest absolute Gasteiger partial charge is 0.508 e. The second-order valence-electron chi connectivity index (χ2n) is 5.98. The molecule has 3 aromatic rings. The summed E-state index contributed by atoms with van der Waals surface area (Å²) in [6.07, 6.45) is -0.839. The first-order valence-corrected chi connectivity index (χ1v) is 10.3. The number of hydrogen-bond acceptors (Lipinski definition) is 6. The monoisotopic (exact) mass is 469 g/mol. The number of rotatable bonds is 5. The lowest BCUT2D eigenvalue weighted by molar-refractivity contribution is 0.120. The van der Waals surface area contributed by atoms with Crippen LogP contribution in [-0.2, 0) is 10.5 Å². The molecule has 0 radical (unpaired) electrons. The zero-order chi connectivity index (χ0) is 20.8. The zero-order valence-corrected chi connectivity index (χ0v) is 17.8. The Morgan fingerprint density at radius 2 is 1.83 bits per heavy atom. The lowest BCUT2D eigenvalue weighted by atomic mass is 10.0. The second-order valence-corrected chi connectivity index (χ2v) is 7.91. The molecular weight excluding hydrogens is 454 g/mol. The van der Waals surface area contributed by atoms with Gasteiger partial charge in [-0.1, -0.05) is 40.2 Å². The largest absolute Gasteiger partial charge is 0.513 e. The predicted molar refractivity (Wildman–Crippen MR) is 115 cm³/mol. The van der Waals surface area contributed by atoms with Crippen molar-refractivity contribution in [3.63, 3.8) is 0 Å². The van der Waals surface area contributed by atoms with Crippen LogP contribution in [-0.4, -0.2) is 18.4 Å². The minimum absolute atomic E-state index is 0.0578. The molecule has 0 atom stereocenters. The van der Waals surface area contributed by atoms with Crippen molar-refractivity contribution in [1.29, 1.82) is 5.26 Å². The molecule has 0 fully saturated rings. The normalized spacial score (nSPS) is 10.2. The van der Waals surface area contributed by atoms with Gasteiger partial charge in [0.1, 0.15) is 5.75 Å². The molecule has 0 heterocycles. The Morgan fingerprint density at radius 3 is 2.45 bits per heavy atom. The summed E-state index contributed by atoms with van der Waals surface area (Å²) in [6.45, 7) is 0. The summed E-state index contributed by atoms with van der Waals surface area (Å²) in [5.74, 6) is 0.935. The first-order valence-electron chi connectivity index (χ1n) is 8.50. The molecular formula is C22H16BrNO4S. The molecule has 3 aromatic carbocycles. The summed E-state index contributed by atoms with van der Waals surface area (Å²) in [5.41, 5.74) is 2.93. The molecule has 146 valence electrons. The Kier molecular flexibility index (Phi) is 6.81. The SMILES string of the molecule is COC(=O)Oc1c(SCc2ccc(C#N)cc2)cc(O)cc1-c1ccc(Br)cc1. The summed E-state index contributed by atoms with van der Waals surface area (Å²) in [7, 11) is 1.24. The predicted octanol–water partition coefficient (Wildman–Crippen LogP) is 6.13. The van der Waals surface area contributed by atoms with Crippen LogP contribution < -0.4 is 4.74 Å². The minimum Gasteiger partial charge on any atom is -0.508 e. The van der Waals surface area contributed by atoms with Gasteiger partial charge in [0, 0.05) is 15.8 Å². The van der Waals surface area contributed by atoms with Crippen LogP contribution in [0.4, 0.5) is 4.79 Å². The number of thioether (sulfide) groups is 1. The van der Waals surface area contributed by atoms with E-state index >= 15 is 0 Å². The van der Waals surface area contributed by atoms with Crippen molar-refractivity contribution < 1.29 is 19.4 Å².